The number of nitrogen functional groups attached to an aromatic ring is 1. The number of amides is 3. The minimum atomic E-state index is -1.05. The Morgan fingerprint density at radius 2 is 1.82 bits per heavy atom. The molecule has 10 heteroatoms. The molecular weight excluding hydrogens is 454 g/mol. The number of nitrogens with one attached hydrogen (secondary N) is 2. The molecule has 2 heterocycles. The van der Waals surface area contributed by atoms with Crippen molar-refractivity contribution in [2.24, 2.45) is 0 Å². The largest absolute Gasteiger partial charge is 0.399 e. The first-order chi connectivity index (χ1) is 15.7. The Bertz CT molecular complexity index is 1330. The van der Waals surface area contributed by atoms with Gasteiger partial charge in [-0.2, -0.15) is 0 Å². The van der Waals surface area contributed by atoms with Crippen molar-refractivity contribution in [1.82, 2.24) is 5.32 Å². The summed E-state index contributed by atoms with van der Waals surface area (Å²) >= 11 is 6.27. The minimum absolute atomic E-state index is 0.0779. The van der Waals surface area contributed by atoms with Gasteiger partial charge in [0.05, 0.1) is 30.1 Å². The molecule has 5 rings (SSSR count). The highest BCUT2D eigenvalue weighted by atomic mass is 35.5. The normalized spacial score (nSPS) is 18.7. The molecule has 0 saturated heterocycles. The number of nitrogens with zero attached hydrogens (tertiary/aromatic N) is 1. The molecule has 7 nitrogen and oxygen atoms in total. The summed E-state index contributed by atoms with van der Waals surface area (Å²) in [4.78, 5) is 27.0. The van der Waals surface area contributed by atoms with Crippen molar-refractivity contribution in [3.8, 4) is 0 Å². The van der Waals surface area contributed by atoms with Gasteiger partial charge in [0.25, 0.3) is 5.91 Å². The Kier molecular flexibility index (Phi) is 4.95. The van der Waals surface area contributed by atoms with E-state index >= 15 is 0 Å². The Morgan fingerprint density at radius 1 is 1.12 bits per heavy atom. The number of anilines is 3. The highest BCUT2D eigenvalue weighted by Crippen LogP contribution is 2.41. The molecule has 0 saturated carbocycles. The molecule has 5 N–H and O–H groups in total. The van der Waals surface area contributed by atoms with E-state index in [2.05, 4.69) is 10.6 Å². The summed E-state index contributed by atoms with van der Waals surface area (Å²) in [7, 11) is 0. The van der Waals surface area contributed by atoms with Crippen LogP contribution >= 0.6 is 11.6 Å². The molecule has 0 unspecified atom stereocenters. The molecule has 33 heavy (non-hydrogen) atoms. The van der Waals surface area contributed by atoms with Gasteiger partial charge in [0.2, 0.25) is 0 Å². The maximum absolute atomic E-state index is 13.9. The van der Waals surface area contributed by atoms with E-state index in [1.807, 2.05) is 0 Å². The van der Waals surface area contributed by atoms with Gasteiger partial charge >= 0.3 is 6.03 Å². The van der Waals surface area contributed by atoms with Crippen molar-refractivity contribution in [1.29, 1.82) is 0 Å². The lowest BCUT2D eigenvalue weighted by molar-refractivity contribution is 0.0960. The fourth-order valence-electron chi connectivity index (χ4n) is 4.31. The van der Waals surface area contributed by atoms with Crippen LogP contribution in [0.15, 0.2) is 48.5 Å². The zero-order valence-corrected chi connectivity index (χ0v) is 17.7. The van der Waals surface area contributed by atoms with Crippen molar-refractivity contribution in [3.63, 3.8) is 0 Å². The van der Waals surface area contributed by atoms with Crippen LogP contribution in [0.5, 0.6) is 0 Å². The first-order valence-corrected chi connectivity index (χ1v) is 10.4. The second kappa shape index (κ2) is 7.72. The van der Waals surface area contributed by atoms with Gasteiger partial charge < -0.3 is 21.5 Å². The van der Waals surface area contributed by atoms with E-state index in [1.165, 1.54) is 53.4 Å². The summed E-state index contributed by atoms with van der Waals surface area (Å²) in [5.74, 6) is -1.51. The second-order valence-electron chi connectivity index (χ2n) is 7.86. The minimum Gasteiger partial charge on any atom is -0.399 e. The van der Waals surface area contributed by atoms with Gasteiger partial charge in [0, 0.05) is 33.0 Å². The number of carbonyl (C=O) groups is 2. The molecule has 168 valence electrons. The third-order valence-corrected chi connectivity index (χ3v) is 6.11. The quantitative estimate of drug-likeness (QED) is 0.422. The van der Waals surface area contributed by atoms with Crippen LogP contribution in [0, 0.1) is 11.6 Å². The highest BCUT2D eigenvalue weighted by molar-refractivity contribution is 6.31. The standard InChI is InChI=1S/C23H17ClF2N4O3/c24-16-3-1-10(25)5-13(16)21-20-15(22(32)29-21)7-12(27)8-17(20)28-23(33)30-9-19(31)14-6-11(26)2-4-18(14)30/h1-8,19,21,31H,9,27H2,(H,28,33)(H,29,32)/t19-,21-/m1/s1. The lowest BCUT2D eigenvalue weighted by atomic mass is 9.95. The van der Waals surface area contributed by atoms with Gasteiger partial charge in [-0.15, -0.1) is 0 Å². The number of fused-ring (bicyclic) bond motifs is 2. The number of halogens is 3. The molecule has 0 radical (unpaired) electrons. The van der Waals surface area contributed by atoms with E-state index in [0.29, 0.717) is 22.4 Å². The van der Waals surface area contributed by atoms with E-state index in [9.17, 15) is 23.5 Å². The first-order valence-electron chi connectivity index (χ1n) is 9.98. The number of β-amino-alcohol motifs (C(OH)–C–C–N with tert-alkyl or cyclic N) is 1. The predicted octanol–water partition coefficient (Wildman–Crippen LogP) is 4.12. The average Bonchev–Trinajstić information content (AvgIpc) is 3.27. The van der Waals surface area contributed by atoms with E-state index in [1.54, 1.807) is 0 Å². The Hall–Kier alpha value is -3.69. The topological polar surface area (TPSA) is 108 Å². The van der Waals surface area contributed by atoms with Crippen LogP contribution in [0.2, 0.25) is 5.02 Å². The molecule has 3 aromatic carbocycles. The number of hydrogen-bond donors (Lipinski definition) is 4. The molecule has 3 aromatic rings. The number of aliphatic hydroxyl groups is 1. The van der Waals surface area contributed by atoms with E-state index < -0.39 is 35.7 Å². The Balaban J connectivity index is 1.55. The molecule has 2 atom stereocenters. The SMILES string of the molecule is Nc1cc(NC(=O)N2C[C@@H](O)c3cc(F)ccc32)c2c(c1)C(=O)N[C@@H]2c1cc(F)ccc1Cl. The maximum Gasteiger partial charge on any atom is 0.326 e. The summed E-state index contributed by atoms with van der Waals surface area (Å²) in [6, 6.07) is 9.09. The van der Waals surface area contributed by atoms with E-state index in [-0.39, 0.29) is 28.5 Å². The summed E-state index contributed by atoms with van der Waals surface area (Å²) in [6.45, 7) is -0.0779. The maximum atomic E-state index is 13.9. The molecule has 0 fully saturated rings. The van der Waals surface area contributed by atoms with Gasteiger partial charge in [-0.25, -0.2) is 13.6 Å². The Morgan fingerprint density at radius 3 is 2.58 bits per heavy atom. The van der Waals surface area contributed by atoms with Crippen LogP contribution in [0.1, 0.15) is 39.2 Å². The number of carbonyl (C=O) groups excluding carboxylic acids is 2. The Labute approximate surface area is 191 Å². The van der Waals surface area contributed by atoms with Crippen LogP contribution in [0.3, 0.4) is 0 Å². The first kappa shape index (κ1) is 21.2. The van der Waals surface area contributed by atoms with Gasteiger partial charge in [-0.05, 0) is 48.5 Å². The van der Waals surface area contributed by atoms with Gasteiger partial charge in [-0.1, -0.05) is 11.6 Å². The van der Waals surface area contributed by atoms with Crippen molar-refractivity contribution in [2.45, 2.75) is 12.1 Å². The van der Waals surface area contributed by atoms with Crippen LogP contribution in [-0.4, -0.2) is 23.6 Å². The molecule has 0 aliphatic carbocycles. The zero-order chi connectivity index (χ0) is 23.4. The number of hydrogen-bond acceptors (Lipinski definition) is 4. The molecule has 3 amide bonds. The van der Waals surface area contributed by atoms with Crippen LogP contribution in [0.25, 0.3) is 0 Å². The summed E-state index contributed by atoms with van der Waals surface area (Å²) < 4.78 is 27.5. The van der Waals surface area contributed by atoms with E-state index in [4.69, 9.17) is 17.3 Å². The van der Waals surface area contributed by atoms with Crippen molar-refractivity contribution in [3.05, 3.63) is 87.4 Å². The molecule has 2 aliphatic rings. The molecular formula is C23H17ClF2N4O3. The number of nitrogens with two attached hydrogens (primary N) is 1. The van der Waals surface area contributed by atoms with Gasteiger partial charge in [0.15, 0.2) is 0 Å². The highest BCUT2D eigenvalue weighted by Gasteiger charge is 2.36. The smallest absolute Gasteiger partial charge is 0.326 e. The molecule has 0 bridgehead atoms. The fourth-order valence-corrected chi connectivity index (χ4v) is 4.54. The summed E-state index contributed by atoms with van der Waals surface area (Å²) in [5, 5.41) is 16.0. The van der Waals surface area contributed by atoms with Gasteiger partial charge in [-0.3, -0.25) is 9.69 Å². The van der Waals surface area contributed by atoms with Crippen LogP contribution in [-0.2, 0) is 0 Å². The molecule has 2 aliphatic heterocycles. The monoisotopic (exact) mass is 470 g/mol. The van der Waals surface area contributed by atoms with Crippen molar-refractivity contribution in [2.75, 3.05) is 22.5 Å². The lowest BCUT2D eigenvalue weighted by Gasteiger charge is -2.22. The van der Waals surface area contributed by atoms with Crippen LogP contribution in [0.4, 0.5) is 30.6 Å². The third-order valence-electron chi connectivity index (χ3n) is 5.76. The predicted molar refractivity (Wildman–Crippen MR) is 119 cm³/mol. The number of rotatable bonds is 2. The van der Waals surface area contributed by atoms with Crippen molar-refractivity contribution >= 4 is 40.6 Å². The second-order valence-corrected chi connectivity index (χ2v) is 8.27. The fraction of sp³-hybridized carbons (Fsp3) is 0.130. The summed E-state index contributed by atoms with van der Waals surface area (Å²) in [5.41, 5.74) is 8.00. The number of aliphatic hydroxyl groups excluding tert-OH is 1. The zero-order valence-electron chi connectivity index (χ0n) is 16.9. The third kappa shape index (κ3) is 3.55. The number of urea groups is 1. The van der Waals surface area contributed by atoms with Crippen molar-refractivity contribution < 1.29 is 23.5 Å². The summed E-state index contributed by atoms with van der Waals surface area (Å²) in [6.07, 6.45) is -1.05. The van der Waals surface area contributed by atoms with Crippen LogP contribution < -0.4 is 21.3 Å². The average molecular weight is 471 g/mol. The number of benzene rings is 3. The molecule has 0 aromatic heterocycles. The van der Waals surface area contributed by atoms with E-state index in [0.717, 1.165) is 0 Å². The van der Waals surface area contributed by atoms with Gasteiger partial charge in [0.1, 0.15) is 11.6 Å². The molecule has 0 spiro atoms. The lowest BCUT2D eigenvalue weighted by Crippen LogP contribution is -2.34.